The van der Waals surface area contributed by atoms with E-state index >= 15 is 0 Å². The van der Waals surface area contributed by atoms with Gasteiger partial charge in [0, 0.05) is 21.2 Å². The van der Waals surface area contributed by atoms with Crippen LogP contribution >= 0.6 is 0 Å². The Morgan fingerprint density at radius 1 is 0.812 bits per heavy atom. The van der Waals surface area contributed by atoms with Crippen molar-refractivity contribution in [3.8, 4) is 0 Å². The molecule has 0 heterocycles. The molecule has 0 N–H and O–H groups in total. The number of azide groups is 2. The Labute approximate surface area is 90.4 Å². The van der Waals surface area contributed by atoms with Crippen LogP contribution in [0.5, 0.6) is 0 Å². The molecular formula is C10H6N6. The summed E-state index contributed by atoms with van der Waals surface area (Å²) in [6.07, 6.45) is 0. The first-order valence-electron chi connectivity index (χ1n) is 4.48. The minimum Gasteiger partial charge on any atom is -0.0616 e. The maximum Gasteiger partial charge on any atom is 0.0477 e. The van der Waals surface area contributed by atoms with Crippen LogP contribution in [0, 0.1) is 0 Å². The topological polar surface area (TPSA) is 97.5 Å². The van der Waals surface area contributed by atoms with Gasteiger partial charge in [0.05, 0.1) is 0 Å². The van der Waals surface area contributed by atoms with Gasteiger partial charge in [0.15, 0.2) is 0 Å². The summed E-state index contributed by atoms with van der Waals surface area (Å²) in [7, 11) is 0. The molecule has 2 aromatic carbocycles. The molecule has 0 aliphatic rings. The second-order valence-corrected chi connectivity index (χ2v) is 3.07. The van der Waals surface area contributed by atoms with Crippen LogP contribution in [0.1, 0.15) is 0 Å². The predicted octanol–water partition coefficient (Wildman–Crippen LogP) is 4.72. The molecule has 0 bridgehead atoms. The van der Waals surface area contributed by atoms with Crippen LogP contribution in [0.15, 0.2) is 46.6 Å². The third kappa shape index (κ3) is 1.74. The molecule has 0 aromatic heterocycles. The number of benzene rings is 2. The summed E-state index contributed by atoms with van der Waals surface area (Å²) in [5, 5.41) is 8.85. The number of hydrogen-bond donors (Lipinski definition) is 0. The number of nitrogens with zero attached hydrogens (tertiary/aromatic N) is 6. The molecule has 2 aromatic rings. The van der Waals surface area contributed by atoms with Crippen molar-refractivity contribution in [3.05, 3.63) is 57.3 Å². The Balaban J connectivity index is 2.80. The van der Waals surface area contributed by atoms with Crippen molar-refractivity contribution >= 4 is 22.1 Å². The van der Waals surface area contributed by atoms with Gasteiger partial charge in [-0.1, -0.05) is 34.5 Å². The van der Waals surface area contributed by atoms with E-state index in [1.54, 1.807) is 12.1 Å². The van der Waals surface area contributed by atoms with Gasteiger partial charge in [-0.2, -0.15) is 0 Å². The van der Waals surface area contributed by atoms with Crippen LogP contribution in [-0.4, -0.2) is 0 Å². The zero-order chi connectivity index (χ0) is 11.4. The van der Waals surface area contributed by atoms with Crippen molar-refractivity contribution in [2.24, 2.45) is 10.2 Å². The summed E-state index contributed by atoms with van der Waals surface area (Å²) in [5.74, 6) is 0. The predicted molar refractivity (Wildman–Crippen MR) is 61.6 cm³/mol. The van der Waals surface area contributed by atoms with E-state index in [0.29, 0.717) is 11.4 Å². The monoisotopic (exact) mass is 210 g/mol. The minimum absolute atomic E-state index is 0.332. The Kier molecular flexibility index (Phi) is 2.61. The van der Waals surface area contributed by atoms with E-state index in [0.717, 1.165) is 10.8 Å². The first-order chi connectivity index (χ1) is 7.85. The molecule has 0 radical (unpaired) electrons. The molecule has 6 nitrogen and oxygen atoms in total. The maximum absolute atomic E-state index is 8.41. The summed E-state index contributed by atoms with van der Waals surface area (Å²) in [6.45, 7) is 0. The SMILES string of the molecule is [N-]=[N+]=Nc1cc2ccccc2cc1N=[N+]=[N-]. The van der Waals surface area contributed by atoms with Gasteiger partial charge >= 0.3 is 0 Å². The van der Waals surface area contributed by atoms with Gasteiger partial charge in [-0.05, 0) is 34.0 Å². The third-order valence-corrected chi connectivity index (χ3v) is 2.15. The smallest absolute Gasteiger partial charge is 0.0477 e. The molecule has 0 aliphatic heterocycles. The minimum atomic E-state index is 0.332. The average molecular weight is 210 g/mol. The molecule has 0 saturated heterocycles. The molecule has 6 heteroatoms. The van der Waals surface area contributed by atoms with Crippen LogP contribution in [0.4, 0.5) is 11.4 Å². The Morgan fingerprint density at radius 2 is 1.25 bits per heavy atom. The summed E-state index contributed by atoms with van der Waals surface area (Å²) < 4.78 is 0. The zero-order valence-corrected chi connectivity index (χ0v) is 8.15. The Morgan fingerprint density at radius 3 is 1.62 bits per heavy atom. The molecule has 0 amide bonds. The number of hydrogen-bond acceptors (Lipinski definition) is 2. The second kappa shape index (κ2) is 4.23. The molecular weight excluding hydrogens is 204 g/mol. The van der Waals surface area contributed by atoms with E-state index < -0.39 is 0 Å². The van der Waals surface area contributed by atoms with Crippen molar-refractivity contribution in [3.63, 3.8) is 0 Å². The van der Waals surface area contributed by atoms with Crippen LogP contribution < -0.4 is 0 Å². The lowest BCUT2D eigenvalue weighted by molar-refractivity contribution is 1.42. The molecule has 2 rings (SSSR count). The largest absolute Gasteiger partial charge is 0.0616 e. The van der Waals surface area contributed by atoms with E-state index in [2.05, 4.69) is 20.1 Å². The van der Waals surface area contributed by atoms with Gasteiger partial charge in [-0.15, -0.1) is 0 Å². The lowest BCUT2D eigenvalue weighted by Crippen LogP contribution is -1.72. The highest BCUT2D eigenvalue weighted by molar-refractivity contribution is 5.90. The Hall–Kier alpha value is -2.68. The molecule has 0 saturated carbocycles. The van der Waals surface area contributed by atoms with Gasteiger partial charge in [-0.25, -0.2) is 0 Å². The van der Waals surface area contributed by atoms with Crippen molar-refractivity contribution in [1.29, 1.82) is 0 Å². The third-order valence-electron chi connectivity index (χ3n) is 2.15. The summed E-state index contributed by atoms with van der Waals surface area (Å²) in [6, 6.07) is 10.9. The highest BCUT2D eigenvalue weighted by Crippen LogP contribution is 2.33. The molecule has 0 aliphatic carbocycles. The average Bonchev–Trinajstić information content (AvgIpc) is 2.30. The quantitative estimate of drug-likeness (QED) is 0.389. The van der Waals surface area contributed by atoms with Crippen LogP contribution in [0.2, 0.25) is 0 Å². The fraction of sp³-hybridized carbons (Fsp3) is 0. The second-order valence-electron chi connectivity index (χ2n) is 3.07. The first-order valence-corrected chi connectivity index (χ1v) is 4.48. The normalized spacial score (nSPS) is 9.25. The van der Waals surface area contributed by atoms with E-state index in [4.69, 9.17) is 11.1 Å². The molecule has 0 unspecified atom stereocenters. The van der Waals surface area contributed by atoms with Crippen molar-refractivity contribution in [2.45, 2.75) is 0 Å². The van der Waals surface area contributed by atoms with E-state index in [1.165, 1.54) is 0 Å². The first kappa shape index (κ1) is 9.86. The van der Waals surface area contributed by atoms with Gasteiger partial charge in [0.25, 0.3) is 0 Å². The van der Waals surface area contributed by atoms with Crippen molar-refractivity contribution in [2.75, 3.05) is 0 Å². The van der Waals surface area contributed by atoms with E-state index in [-0.39, 0.29) is 0 Å². The van der Waals surface area contributed by atoms with Crippen molar-refractivity contribution in [1.82, 2.24) is 0 Å². The molecule has 76 valence electrons. The maximum atomic E-state index is 8.41. The fourth-order valence-electron chi connectivity index (χ4n) is 1.47. The van der Waals surface area contributed by atoms with Crippen LogP contribution in [0.25, 0.3) is 31.7 Å². The summed E-state index contributed by atoms with van der Waals surface area (Å²) in [5.41, 5.74) is 17.5. The zero-order valence-electron chi connectivity index (χ0n) is 8.15. The van der Waals surface area contributed by atoms with Gasteiger partial charge in [0.2, 0.25) is 0 Å². The van der Waals surface area contributed by atoms with Crippen molar-refractivity contribution < 1.29 is 0 Å². The summed E-state index contributed by atoms with van der Waals surface area (Å²) >= 11 is 0. The van der Waals surface area contributed by atoms with E-state index in [1.807, 2.05) is 24.3 Å². The molecule has 0 atom stereocenters. The number of fused-ring (bicyclic) bond motifs is 1. The molecule has 0 spiro atoms. The number of rotatable bonds is 2. The molecule has 0 fully saturated rings. The van der Waals surface area contributed by atoms with Crippen LogP contribution in [0.3, 0.4) is 0 Å². The van der Waals surface area contributed by atoms with E-state index in [9.17, 15) is 0 Å². The summed E-state index contributed by atoms with van der Waals surface area (Å²) in [4.78, 5) is 5.39. The van der Waals surface area contributed by atoms with Gasteiger partial charge < -0.3 is 0 Å². The Bertz CT molecular complexity index is 578. The lowest BCUT2D eigenvalue weighted by Gasteiger charge is -2.02. The highest BCUT2D eigenvalue weighted by Gasteiger charge is 2.01. The lowest BCUT2D eigenvalue weighted by atomic mass is 10.1. The van der Waals surface area contributed by atoms with Gasteiger partial charge in [0.1, 0.15) is 0 Å². The van der Waals surface area contributed by atoms with Gasteiger partial charge in [-0.3, -0.25) is 0 Å². The molecule has 16 heavy (non-hydrogen) atoms. The standard InChI is InChI=1S/C10H6N6/c11-15-13-9-5-7-3-1-2-4-8(7)6-10(9)14-16-12/h1-6H. The fourth-order valence-corrected chi connectivity index (χ4v) is 1.47. The highest BCUT2D eigenvalue weighted by atomic mass is 15.2. The van der Waals surface area contributed by atoms with Crippen LogP contribution in [-0.2, 0) is 0 Å².